The van der Waals surface area contributed by atoms with E-state index in [1.165, 1.54) is 26.4 Å². The molecule has 136 valence electrons. The van der Waals surface area contributed by atoms with Crippen molar-refractivity contribution in [2.45, 2.75) is 0 Å². The van der Waals surface area contributed by atoms with E-state index < -0.39 is 11.8 Å². The van der Waals surface area contributed by atoms with Crippen LogP contribution in [0.25, 0.3) is 6.08 Å². The number of benzene rings is 2. The molecule has 7 nitrogen and oxygen atoms in total. The summed E-state index contributed by atoms with van der Waals surface area (Å²) in [4.78, 5) is 23.9. The summed E-state index contributed by atoms with van der Waals surface area (Å²) in [5, 5.41) is 0. The fourth-order valence-electron chi connectivity index (χ4n) is 2.10. The van der Waals surface area contributed by atoms with Crippen molar-refractivity contribution >= 4 is 17.9 Å². The van der Waals surface area contributed by atoms with Crippen molar-refractivity contribution in [3.63, 3.8) is 0 Å². The first-order valence-corrected chi connectivity index (χ1v) is 7.72. The van der Waals surface area contributed by atoms with Gasteiger partial charge < -0.3 is 14.2 Å². The van der Waals surface area contributed by atoms with E-state index in [1.54, 1.807) is 37.5 Å². The summed E-state index contributed by atoms with van der Waals surface area (Å²) in [5.74, 6) is 0.724. The molecule has 0 spiro atoms. The van der Waals surface area contributed by atoms with Crippen LogP contribution >= 0.6 is 0 Å². The zero-order valence-corrected chi connectivity index (χ0v) is 14.7. The predicted octanol–water partition coefficient (Wildman–Crippen LogP) is 2.19. The van der Waals surface area contributed by atoms with Crippen LogP contribution in [0.2, 0.25) is 0 Å². The van der Waals surface area contributed by atoms with Crippen LogP contribution in [0, 0.1) is 0 Å². The highest BCUT2D eigenvalue weighted by molar-refractivity contribution is 5.98. The van der Waals surface area contributed by atoms with Gasteiger partial charge in [-0.1, -0.05) is 12.1 Å². The van der Waals surface area contributed by atoms with Gasteiger partial charge in [0.25, 0.3) is 11.8 Å². The fraction of sp³-hybridized carbons (Fsp3) is 0.158. The minimum absolute atomic E-state index is 0.321. The second-order valence-corrected chi connectivity index (χ2v) is 5.12. The van der Waals surface area contributed by atoms with Crippen molar-refractivity contribution in [2.75, 3.05) is 21.3 Å². The average Bonchev–Trinajstić information content (AvgIpc) is 2.70. The third-order valence-corrected chi connectivity index (χ3v) is 3.49. The Morgan fingerprint density at radius 2 is 1.54 bits per heavy atom. The van der Waals surface area contributed by atoms with Gasteiger partial charge in [-0.15, -0.1) is 0 Å². The number of hydrogen-bond donors (Lipinski definition) is 2. The summed E-state index contributed by atoms with van der Waals surface area (Å²) in [7, 11) is 4.57. The minimum Gasteiger partial charge on any atom is -0.497 e. The van der Waals surface area contributed by atoms with Gasteiger partial charge >= 0.3 is 0 Å². The number of nitrogens with one attached hydrogen (secondary N) is 2. The lowest BCUT2D eigenvalue weighted by Gasteiger charge is -2.10. The molecular formula is C19H20N2O5. The summed E-state index contributed by atoms with van der Waals surface area (Å²) in [6, 6.07) is 11.9. The zero-order valence-electron chi connectivity index (χ0n) is 14.7. The van der Waals surface area contributed by atoms with Crippen LogP contribution in [0.5, 0.6) is 17.2 Å². The Kier molecular flexibility index (Phi) is 6.61. The first kappa shape index (κ1) is 18.9. The molecule has 0 radical (unpaired) electrons. The standard InChI is InChI=1S/C19H20N2O5/c1-24-15-8-4-13(5-9-15)6-11-18(22)20-21-19(23)14-7-10-16(25-2)17(12-14)26-3/h4-12H,1-3H3,(H,20,22)(H,21,23)/b11-6+. The summed E-state index contributed by atoms with van der Waals surface area (Å²) >= 11 is 0. The van der Waals surface area contributed by atoms with Crippen molar-refractivity contribution < 1.29 is 23.8 Å². The molecule has 0 aliphatic rings. The predicted molar refractivity (Wildman–Crippen MR) is 97.2 cm³/mol. The molecule has 0 saturated heterocycles. The van der Waals surface area contributed by atoms with E-state index in [9.17, 15) is 9.59 Å². The van der Waals surface area contributed by atoms with E-state index in [4.69, 9.17) is 14.2 Å². The van der Waals surface area contributed by atoms with Gasteiger partial charge in [-0.25, -0.2) is 0 Å². The first-order valence-electron chi connectivity index (χ1n) is 7.72. The van der Waals surface area contributed by atoms with Crippen molar-refractivity contribution in [3.05, 3.63) is 59.7 Å². The second kappa shape index (κ2) is 9.12. The first-order chi connectivity index (χ1) is 12.6. The molecule has 0 atom stereocenters. The Labute approximate surface area is 151 Å². The maximum absolute atomic E-state index is 12.1. The lowest BCUT2D eigenvalue weighted by Crippen LogP contribution is -2.40. The molecule has 0 aliphatic heterocycles. The second-order valence-electron chi connectivity index (χ2n) is 5.12. The molecular weight excluding hydrogens is 336 g/mol. The van der Waals surface area contributed by atoms with Crippen molar-refractivity contribution in [2.24, 2.45) is 0 Å². The molecule has 26 heavy (non-hydrogen) atoms. The molecule has 2 rings (SSSR count). The number of amides is 2. The highest BCUT2D eigenvalue weighted by atomic mass is 16.5. The highest BCUT2D eigenvalue weighted by Gasteiger charge is 2.10. The fourth-order valence-corrected chi connectivity index (χ4v) is 2.10. The highest BCUT2D eigenvalue weighted by Crippen LogP contribution is 2.27. The summed E-state index contributed by atoms with van der Waals surface area (Å²) in [5.41, 5.74) is 5.80. The van der Waals surface area contributed by atoms with Gasteiger partial charge in [0.2, 0.25) is 0 Å². The smallest absolute Gasteiger partial charge is 0.269 e. The van der Waals surface area contributed by atoms with Gasteiger partial charge in [-0.2, -0.15) is 0 Å². The Bertz CT molecular complexity index is 800. The molecule has 2 aromatic carbocycles. The maximum atomic E-state index is 12.1. The zero-order chi connectivity index (χ0) is 18.9. The number of hydrogen-bond acceptors (Lipinski definition) is 5. The van der Waals surface area contributed by atoms with Gasteiger partial charge in [0.05, 0.1) is 21.3 Å². The largest absolute Gasteiger partial charge is 0.497 e. The van der Waals surface area contributed by atoms with Crippen LogP contribution in [0.1, 0.15) is 15.9 Å². The normalized spacial score (nSPS) is 10.3. The van der Waals surface area contributed by atoms with E-state index in [0.717, 1.165) is 11.3 Å². The third kappa shape index (κ3) is 5.01. The van der Waals surface area contributed by atoms with Gasteiger partial charge in [0, 0.05) is 11.6 Å². The van der Waals surface area contributed by atoms with E-state index in [1.807, 2.05) is 12.1 Å². The van der Waals surface area contributed by atoms with Crippen LogP contribution in [0.3, 0.4) is 0 Å². The quantitative estimate of drug-likeness (QED) is 0.612. The lowest BCUT2D eigenvalue weighted by molar-refractivity contribution is -0.117. The average molecular weight is 356 g/mol. The lowest BCUT2D eigenvalue weighted by atomic mass is 10.2. The molecule has 7 heteroatoms. The molecule has 0 aliphatic carbocycles. The van der Waals surface area contributed by atoms with E-state index >= 15 is 0 Å². The molecule has 0 bridgehead atoms. The maximum Gasteiger partial charge on any atom is 0.269 e. The van der Waals surface area contributed by atoms with Crippen molar-refractivity contribution in [3.8, 4) is 17.2 Å². The molecule has 0 aromatic heterocycles. The minimum atomic E-state index is -0.475. The van der Waals surface area contributed by atoms with Crippen LogP contribution in [0.15, 0.2) is 48.5 Å². The number of hydrazine groups is 1. The number of carbonyl (C=O) groups is 2. The van der Waals surface area contributed by atoms with Crippen molar-refractivity contribution in [1.29, 1.82) is 0 Å². The van der Waals surface area contributed by atoms with Crippen molar-refractivity contribution in [1.82, 2.24) is 10.9 Å². The Balaban J connectivity index is 1.91. The third-order valence-electron chi connectivity index (χ3n) is 3.49. The molecule has 2 amide bonds. The van der Waals surface area contributed by atoms with Gasteiger partial charge in [-0.3, -0.25) is 20.4 Å². The van der Waals surface area contributed by atoms with Crippen LogP contribution in [0.4, 0.5) is 0 Å². The van der Waals surface area contributed by atoms with Gasteiger partial charge in [0.15, 0.2) is 11.5 Å². The molecule has 2 aromatic rings. The SMILES string of the molecule is COc1ccc(/C=C/C(=O)NNC(=O)c2ccc(OC)c(OC)c2)cc1. The number of ether oxygens (including phenoxy) is 3. The molecule has 0 fully saturated rings. The van der Waals surface area contributed by atoms with Crippen LogP contribution in [-0.4, -0.2) is 33.1 Å². The molecule has 0 heterocycles. The van der Waals surface area contributed by atoms with Crippen LogP contribution < -0.4 is 25.1 Å². The molecule has 0 saturated carbocycles. The Morgan fingerprint density at radius 3 is 2.15 bits per heavy atom. The number of rotatable bonds is 6. The molecule has 0 unspecified atom stereocenters. The summed E-state index contributed by atoms with van der Waals surface area (Å²) in [6.07, 6.45) is 2.94. The van der Waals surface area contributed by atoms with E-state index in [0.29, 0.717) is 17.1 Å². The number of methoxy groups -OCH3 is 3. The number of carbonyl (C=O) groups excluding carboxylic acids is 2. The monoisotopic (exact) mass is 356 g/mol. The van der Waals surface area contributed by atoms with Gasteiger partial charge in [0.1, 0.15) is 5.75 Å². The summed E-state index contributed by atoms with van der Waals surface area (Å²) < 4.78 is 15.3. The van der Waals surface area contributed by atoms with E-state index in [2.05, 4.69) is 10.9 Å². The Morgan fingerprint density at radius 1 is 0.846 bits per heavy atom. The topological polar surface area (TPSA) is 85.9 Å². The Hall–Kier alpha value is -3.48. The van der Waals surface area contributed by atoms with Gasteiger partial charge in [-0.05, 0) is 42.0 Å². The summed E-state index contributed by atoms with van der Waals surface area (Å²) in [6.45, 7) is 0. The molecule has 2 N–H and O–H groups in total. The van der Waals surface area contributed by atoms with E-state index in [-0.39, 0.29) is 0 Å². The van der Waals surface area contributed by atoms with Crippen LogP contribution in [-0.2, 0) is 4.79 Å².